The van der Waals surface area contributed by atoms with Crippen LogP contribution in [0.15, 0.2) is 36.5 Å². The molecule has 1 N–H and O–H groups in total. The minimum Gasteiger partial charge on any atom is -0.349 e. The van der Waals surface area contributed by atoms with Gasteiger partial charge in [0.15, 0.2) is 0 Å². The summed E-state index contributed by atoms with van der Waals surface area (Å²) in [5.41, 5.74) is -0.148. The Morgan fingerprint density at radius 3 is 2.65 bits per heavy atom. The molecule has 1 aromatic heterocycles. The van der Waals surface area contributed by atoms with Crippen LogP contribution >= 0.6 is 11.6 Å². The van der Waals surface area contributed by atoms with Gasteiger partial charge in [-0.15, -0.1) is 0 Å². The summed E-state index contributed by atoms with van der Waals surface area (Å²) in [7, 11) is 0. The van der Waals surface area contributed by atoms with Crippen molar-refractivity contribution in [3.63, 3.8) is 0 Å². The minimum atomic E-state index is -4.54. The number of halogens is 4. The molecule has 1 fully saturated rings. The van der Waals surface area contributed by atoms with Crippen LogP contribution < -0.4 is 10.2 Å². The number of aromatic nitrogens is 1. The number of pyridine rings is 1. The maximum atomic E-state index is 12.9. The monoisotopic (exact) mass is 451 g/mol. The Kier molecular flexibility index (Phi) is 5.92. The number of nitrogens with one attached hydrogen (secondary N) is 1. The molecule has 2 amide bonds. The lowest BCUT2D eigenvalue weighted by Gasteiger charge is -2.31. The number of hydrogen-bond donors (Lipinski definition) is 1. The fourth-order valence-corrected chi connectivity index (χ4v) is 4.47. The molecule has 164 valence electrons. The van der Waals surface area contributed by atoms with Crippen molar-refractivity contribution in [2.45, 2.75) is 44.3 Å². The highest BCUT2D eigenvalue weighted by Gasteiger charge is 2.33. The molecule has 2 aromatic rings. The number of amides is 2. The van der Waals surface area contributed by atoms with Crippen molar-refractivity contribution in [1.82, 2.24) is 10.3 Å². The first kappa shape index (κ1) is 21.6. The summed E-state index contributed by atoms with van der Waals surface area (Å²) in [5, 5.41) is 2.79. The molecule has 9 heteroatoms. The SMILES string of the molecule is O=C(NC1CCC(CN2C(=O)Cc3cccnc32)CC1)c1cc(C(F)(F)F)ccc1Cl. The molecule has 0 spiro atoms. The van der Waals surface area contributed by atoms with E-state index in [-0.39, 0.29) is 28.5 Å². The van der Waals surface area contributed by atoms with Gasteiger partial charge in [-0.25, -0.2) is 4.98 Å². The maximum absolute atomic E-state index is 12.9. The second-order valence-corrected chi connectivity index (χ2v) is 8.46. The van der Waals surface area contributed by atoms with Crippen molar-refractivity contribution in [3.8, 4) is 0 Å². The Hall–Kier alpha value is -2.61. The number of nitrogens with zero attached hydrogens (tertiary/aromatic N) is 2. The van der Waals surface area contributed by atoms with Gasteiger partial charge in [-0.1, -0.05) is 17.7 Å². The van der Waals surface area contributed by atoms with Crippen molar-refractivity contribution in [1.29, 1.82) is 0 Å². The van der Waals surface area contributed by atoms with Crippen LogP contribution in [0.2, 0.25) is 5.02 Å². The molecule has 1 aliphatic heterocycles. The second-order valence-electron chi connectivity index (χ2n) is 8.05. The van der Waals surface area contributed by atoms with Gasteiger partial charge in [0, 0.05) is 24.3 Å². The number of hydrogen-bond acceptors (Lipinski definition) is 3. The Bertz CT molecular complexity index is 1000. The zero-order chi connectivity index (χ0) is 22.2. The van der Waals surface area contributed by atoms with E-state index in [9.17, 15) is 22.8 Å². The molecular formula is C22H21ClF3N3O2. The van der Waals surface area contributed by atoms with Crippen LogP contribution in [-0.2, 0) is 17.4 Å². The van der Waals surface area contributed by atoms with E-state index in [1.54, 1.807) is 11.1 Å². The molecule has 31 heavy (non-hydrogen) atoms. The average Bonchev–Trinajstić information content (AvgIpc) is 3.04. The smallest absolute Gasteiger partial charge is 0.349 e. The first-order chi connectivity index (χ1) is 14.7. The van der Waals surface area contributed by atoms with Crippen LogP contribution in [-0.4, -0.2) is 29.4 Å². The molecule has 1 aliphatic carbocycles. The van der Waals surface area contributed by atoms with E-state index in [0.717, 1.165) is 42.4 Å². The van der Waals surface area contributed by atoms with E-state index in [4.69, 9.17) is 11.6 Å². The van der Waals surface area contributed by atoms with Gasteiger partial charge >= 0.3 is 6.18 Å². The van der Waals surface area contributed by atoms with Crippen LogP contribution in [0.1, 0.15) is 47.2 Å². The second kappa shape index (κ2) is 8.49. The average molecular weight is 452 g/mol. The zero-order valence-corrected chi connectivity index (χ0v) is 17.3. The number of carbonyl (C=O) groups is 2. The van der Waals surface area contributed by atoms with Gasteiger partial charge in [-0.2, -0.15) is 13.2 Å². The largest absolute Gasteiger partial charge is 0.416 e. The quantitative estimate of drug-likeness (QED) is 0.737. The summed E-state index contributed by atoms with van der Waals surface area (Å²) in [6, 6.07) is 6.32. The van der Waals surface area contributed by atoms with E-state index < -0.39 is 17.6 Å². The summed E-state index contributed by atoms with van der Waals surface area (Å²) < 4.78 is 38.8. The highest BCUT2D eigenvalue weighted by molar-refractivity contribution is 6.33. The minimum absolute atomic E-state index is 0.0158. The summed E-state index contributed by atoms with van der Waals surface area (Å²) in [6.45, 7) is 0.586. The molecular weight excluding hydrogens is 431 g/mol. The van der Waals surface area contributed by atoms with E-state index in [1.165, 1.54) is 0 Å². The van der Waals surface area contributed by atoms with Crippen molar-refractivity contribution in [2.24, 2.45) is 5.92 Å². The van der Waals surface area contributed by atoms with Crippen LogP contribution in [0.3, 0.4) is 0 Å². The predicted molar refractivity (Wildman–Crippen MR) is 110 cm³/mol. The molecule has 2 aliphatic rings. The fraction of sp³-hybridized carbons (Fsp3) is 0.409. The summed E-state index contributed by atoms with van der Waals surface area (Å²) in [6.07, 6.45) is 0.467. The van der Waals surface area contributed by atoms with Crippen molar-refractivity contribution in [3.05, 3.63) is 58.2 Å². The third-order valence-corrected chi connectivity index (χ3v) is 6.26. The van der Waals surface area contributed by atoms with Crippen molar-refractivity contribution >= 4 is 29.2 Å². The topological polar surface area (TPSA) is 62.3 Å². The molecule has 0 unspecified atom stereocenters. The van der Waals surface area contributed by atoms with Gasteiger partial charge < -0.3 is 5.32 Å². The predicted octanol–water partition coefficient (Wildman–Crippen LogP) is 4.63. The molecule has 0 saturated heterocycles. The van der Waals surface area contributed by atoms with E-state index in [2.05, 4.69) is 10.3 Å². The number of fused-ring (bicyclic) bond motifs is 1. The standard InChI is InChI=1S/C22H21ClF3N3O2/c23-18-8-5-15(22(24,25)26)11-17(18)21(31)28-16-6-3-13(4-7-16)12-29-19(30)10-14-2-1-9-27-20(14)29/h1-2,5,8-9,11,13,16H,3-4,6-7,10,12H2,(H,28,31). The highest BCUT2D eigenvalue weighted by atomic mass is 35.5. The third kappa shape index (κ3) is 4.69. The lowest BCUT2D eigenvalue weighted by atomic mass is 9.85. The van der Waals surface area contributed by atoms with Gasteiger partial charge in [-0.05, 0) is 55.9 Å². The van der Waals surface area contributed by atoms with Gasteiger partial charge in [0.25, 0.3) is 5.91 Å². The van der Waals surface area contributed by atoms with Crippen molar-refractivity contribution in [2.75, 3.05) is 11.4 Å². The number of carbonyl (C=O) groups excluding carboxylic acids is 2. The zero-order valence-electron chi connectivity index (χ0n) is 16.6. The van der Waals surface area contributed by atoms with Crippen LogP contribution in [0, 0.1) is 5.92 Å². The summed E-state index contributed by atoms with van der Waals surface area (Å²) in [5.74, 6) is 0.444. The van der Waals surface area contributed by atoms with E-state index >= 15 is 0 Å². The summed E-state index contributed by atoms with van der Waals surface area (Å²) in [4.78, 5) is 30.9. The third-order valence-electron chi connectivity index (χ3n) is 5.93. The lowest BCUT2D eigenvalue weighted by molar-refractivity contribution is -0.137. The number of alkyl halides is 3. The van der Waals surface area contributed by atoms with Crippen LogP contribution in [0.4, 0.5) is 19.0 Å². The molecule has 4 rings (SSSR count). The Balaban J connectivity index is 1.34. The molecule has 5 nitrogen and oxygen atoms in total. The van der Waals surface area contributed by atoms with E-state index in [0.29, 0.717) is 25.8 Å². The summed E-state index contributed by atoms with van der Waals surface area (Å²) >= 11 is 5.96. The van der Waals surface area contributed by atoms with Gasteiger partial charge in [0.05, 0.1) is 22.6 Å². The Labute approximate surface area is 182 Å². The van der Waals surface area contributed by atoms with Crippen LogP contribution in [0.25, 0.3) is 0 Å². The molecule has 1 saturated carbocycles. The van der Waals surface area contributed by atoms with Gasteiger partial charge in [0.1, 0.15) is 5.82 Å². The fourth-order valence-electron chi connectivity index (χ4n) is 4.26. The highest BCUT2D eigenvalue weighted by Crippen LogP contribution is 2.33. The normalized spacial score (nSPS) is 21.2. The first-order valence-corrected chi connectivity index (χ1v) is 10.5. The van der Waals surface area contributed by atoms with Gasteiger partial charge in [-0.3, -0.25) is 14.5 Å². The molecule has 0 radical (unpaired) electrons. The number of benzene rings is 1. The first-order valence-electron chi connectivity index (χ1n) is 10.1. The number of anilines is 1. The molecule has 2 heterocycles. The molecule has 1 aromatic carbocycles. The van der Waals surface area contributed by atoms with Gasteiger partial charge in [0.2, 0.25) is 5.91 Å². The van der Waals surface area contributed by atoms with E-state index in [1.807, 2.05) is 12.1 Å². The molecule has 0 bridgehead atoms. The van der Waals surface area contributed by atoms with Crippen LogP contribution in [0.5, 0.6) is 0 Å². The maximum Gasteiger partial charge on any atom is 0.416 e. The Morgan fingerprint density at radius 1 is 1.19 bits per heavy atom. The number of rotatable bonds is 4. The Morgan fingerprint density at radius 2 is 1.94 bits per heavy atom. The van der Waals surface area contributed by atoms with Crippen molar-refractivity contribution < 1.29 is 22.8 Å². The lowest BCUT2D eigenvalue weighted by Crippen LogP contribution is -2.40. The molecule has 0 atom stereocenters.